The van der Waals surface area contributed by atoms with E-state index < -0.39 is 11.7 Å². The quantitative estimate of drug-likeness (QED) is 0.588. The lowest BCUT2D eigenvalue weighted by Gasteiger charge is -2.18. The first-order chi connectivity index (χ1) is 14.8. The van der Waals surface area contributed by atoms with Gasteiger partial charge in [0.2, 0.25) is 0 Å². The third-order valence-corrected chi connectivity index (χ3v) is 5.02. The molecule has 9 nitrogen and oxygen atoms in total. The second-order valence-electron chi connectivity index (χ2n) is 8.53. The lowest BCUT2D eigenvalue weighted by molar-refractivity contribution is 0.0514. The Morgan fingerprint density at radius 2 is 1.97 bits per heavy atom. The predicted molar refractivity (Wildman–Crippen MR) is 122 cm³/mol. The van der Waals surface area contributed by atoms with Gasteiger partial charge in [0, 0.05) is 17.8 Å². The van der Waals surface area contributed by atoms with E-state index in [4.69, 9.17) is 17.0 Å². The molecule has 0 amide bonds. The summed E-state index contributed by atoms with van der Waals surface area (Å²) in [7, 11) is 0. The molecular weight excluding hydrogens is 414 g/mol. The highest BCUT2D eigenvalue weighted by Gasteiger charge is 2.19. The van der Waals surface area contributed by atoms with Crippen LogP contribution in [0.5, 0.6) is 0 Å². The molecule has 0 bridgehead atoms. The molecule has 0 radical (unpaired) electrons. The van der Waals surface area contributed by atoms with Crippen LogP contribution in [-0.2, 0) is 4.74 Å². The molecule has 162 valence electrons. The smallest absolute Gasteiger partial charge is 0.435 e. The second kappa shape index (κ2) is 8.54. The van der Waals surface area contributed by atoms with E-state index in [9.17, 15) is 4.79 Å². The number of fused-ring (bicyclic) bond motifs is 1. The summed E-state index contributed by atoms with van der Waals surface area (Å²) in [4.78, 5) is 25.7. The topological polar surface area (TPSA) is 107 Å². The van der Waals surface area contributed by atoms with Gasteiger partial charge in [-0.15, -0.1) is 0 Å². The summed E-state index contributed by atoms with van der Waals surface area (Å²) >= 11 is 5.41. The number of aromatic nitrogens is 5. The van der Waals surface area contributed by atoms with Crippen molar-refractivity contribution in [3.8, 4) is 11.3 Å². The van der Waals surface area contributed by atoms with Gasteiger partial charge in [-0.1, -0.05) is 12.8 Å². The van der Waals surface area contributed by atoms with Crippen molar-refractivity contribution in [2.24, 2.45) is 0 Å². The molecule has 1 fully saturated rings. The van der Waals surface area contributed by atoms with Crippen LogP contribution in [0.25, 0.3) is 22.4 Å². The van der Waals surface area contributed by atoms with Crippen molar-refractivity contribution in [2.45, 2.75) is 58.1 Å². The fraction of sp³-hybridized carbons (Fsp3) is 0.429. The number of anilines is 1. The van der Waals surface area contributed by atoms with Gasteiger partial charge in [0.15, 0.2) is 10.8 Å². The molecule has 3 aromatic heterocycles. The summed E-state index contributed by atoms with van der Waals surface area (Å²) in [6.45, 7) is 5.41. The maximum absolute atomic E-state index is 12.2. The van der Waals surface area contributed by atoms with Gasteiger partial charge in [0.05, 0.1) is 18.1 Å². The number of ether oxygens (including phenoxy) is 1. The van der Waals surface area contributed by atoms with Crippen molar-refractivity contribution in [3.63, 3.8) is 0 Å². The normalized spacial score (nSPS) is 14.5. The number of thiocarbonyl (C=S) groups is 1. The molecule has 2 N–H and O–H groups in total. The zero-order valence-corrected chi connectivity index (χ0v) is 18.6. The van der Waals surface area contributed by atoms with Crippen molar-refractivity contribution in [2.75, 3.05) is 5.32 Å². The number of hydrogen-bond donors (Lipinski definition) is 2. The summed E-state index contributed by atoms with van der Waals surface area (Å²) in [6.07, 6.45) is 8.92. The fourth-order valence-corrected chi connectivity index (χ4v) is 3.65. The predicted octanol–water partition coefficient (Wildman–Crippen LogP) is 3.90. The van der Waals surface area contributed by atoms with E-state index in [2.05, 4.69) is 30.7 Å². The van der Waals surface area contributed by atoms with Crippen molar-refractivity contribution in [3.05, 3.63) is 30.7 Å². The first kappa shape index (κ1) is 21.1. The monoisotopic (exact) mass is 439 g/mol. The standard InChI is InChI=1S/C21H25N7O2S/c1-21(2,3)30-20(29)28-12-13(10-23-28)16-11-22-15-8-9-17(26-18(15)25-16)27-19(31)24-14-6-4-5-7-14/h8-12,14H,4-7H2,1-3H3,(H2,24,25,26,27,31). The summed E-state index contributed by atoms with van der Waals surface area (Å²) in [6, 6.07) is 4.08. The first-order valence-electron chi connectivity index (χ1n) is 10.3. The number of nitrogens with zero attached hydrogens (tertiary/aromatic N) is 5. The molecule has 3 aromatic rings. The van der Waals surface area contributed by atoms with Crippen LogP contribution >= 0.6 is 12.2 Å². The maximum Gasteiger partial charge on any atom is 0.435 e. The molecule has 0 aliphatic heterocycles. The van der Waals surface area contributed by atoms with Crippen molar-refractivity contribution in [1.82, 2.24) is 30.0 Å². The molecule has 31 heavy (non-hydrogen) atoms. The van der Waals surface area contributed by atoms with E-state index in [0.717, 1.165) is 17.5 Å². The molecule has 3 heterocycles. The molecule has 0 unspecified atom stereocenters. The highest BCUT2D eigenvalue weighted by molar-refractivity contribution is 7.80. The highest BCUT2D eigenvalue weighted by Crippen LogP contribution is 2.20. The number of carbonyl (C=O) groups is 1. The molecule has 0 atom stereocenters. The van der Waals surface area contributed by atoms with E-state index in [1.54, 1.807) is 39.4 Å². The van der Waals surface area contributed by atoms with E-state index in [0.29, 0.717) is 39.4 Å². The van der Waals surface area contributed by atoms with Crippen LogP contribution in [0.3, 0.4) is 0 Å². The summed E-state index contributed by atoms with van der Waals surface area (Å²) < 4.78 is 6.47. The fourth-order valence-electron chi connectivity index (χ4n) is 3.38. The Bertz CT molecular complexity index is 1120. The van der Waals surface area contributed by atoms with Gasteiger partial charge in [-0.3, -0.25) is 4.98 Å². The zero-order chi connectivity index (χ0) is 22.0. The van der Waals surface area contributed by atoms with Crippen molar-refractivity contribution >= 4 is 40.4 Å². The Labute approximate surface area is 185 Å². The molecule has 1 saturated carbocycles. The highest BCUT2D eigenvalue weighted by atomic mass is 32.1. The minimum Gasteiger partial charge on any atom is -0.442 e. The van der Waals surface area contributed by atoms with Crippen LogP contribution in [-0.4, -0.2) is 47.6 Å². The first-order valence-corrected chi connectivity index (χ1v) is 10.7. The van der Waals surface area contributed by atoms with E-state index in [1.165, 1.54) is 12.8 Å². The Morgan fingerprint density at radius 3 is 2.71 bits per heavy atom. The van der Waals surface area contributed by atoms with Crippen LogP contribution in [0.4, 0.5) is 10.6 Å². The summed E-state index contributed by atoms with van der Waals surface area (Å²) in [5.41, 5.74) is 1.71. The van der Waals surface area contributed by atoms with E-state index in [-0.39, 0.29) is 0 Å². The zero-order valence-electron chi connectivity index (χ0n) is 17.8. The minimum absolute atomic E-state index is 0.424. The number of pyridine rings is 1. The minimum atomic E-state index is -0.605. The lowest BCUT2D eigenvalue weighted by atomic mass is 10.2. The van der Waals surface area contributed by atoms with E-state index in [1.807, 2.05) is 12.1 Å². The Balaban J connectivity index is 1.51. The average Bonchev–Trinajstić information content (AvgIpc) is 3.38. The van der Waals surface area contributed by atoms with Gasteiger partial charge in [-0.25, -0.2) is 14.8 Å². The van der Waals surface area contributed by atoms with E-state index >= 15 is 0 Å². The van der Waals surface area contributed by atoms with Crippen LogP contribution < -0.4 is 10.6 Å². The summed E-state index contributed by atoms with van der Waals surface area (Å²) in [5, 5.41) is 11.1. The summed E-state index contributed by atoms with van der Waals surface area (Å²) in [5.74, 6) is 0.596. The Hall–Kier alpha value is -3.14. The largest absolute Gasteiger partial charge is 0.442 e. The van der Waals surface area contributed by atoms with Gasteiger partial charge in [-0.2, -0.15) is 9.78 Å². The molecule has 4 rings (SSSR count). The van der Waals surface area contributed by atoms with Gasteiger partial charge in [0.1, 0.15) is 16.9 Å². The average molecular weight is 440 g/mol. The molecular formula is C21H25N7O2S. The molecule has 1 aliphatic rings. The molecule has 1 aliphatic carbocycles. The van der Waals surface area contributed by atoms with Gasteiger partial charge in [0.25, 0.3) is 0 Å². The number of hydrogen-bond acceptors (Lipinski definition) is 7. The lowest BCUT2D eigenvalue weighted by Crippen LogP contribution is -2.36. The van der Waals surface area contributed by atoms with Gasteiger partial charge in [-0.05, 0) is 58.0 Å². The SMILES string of the molecule is CC(C)(C)OC(=O)n1cc(-c2cnc3ccc(NC(=S)NC4CCCC4)nc3n2)cn1. The van der Waals surface area contributed by atoms with Crippen LogP contribution in [0.15, 0.2) is 30.7 Å². The number of carbonyl (C=O) groups excluding carboxylic acids is 1. The van der Waals surface area contributed by atoms with Crippen LogP contribution in [0, 0.1) is 0 Å². The molecule has 0 aromatic carbocycles. The third kappa shape index (κ3) is 5.32. The number of rotatable bonds is 3. The van der Waals surface area contributed by atoms with Crippen molar-refractivity contribution in [1.29, 1.82) is 0 Å². The third-order valence-electron chi connectivity index (χ3n) is 4.80. The Morgan fingerprint density at radius 1 is 1.19 bits per heavy atom. The van der Waals surface area contributed by atoms with Crippen LogP contribution in [0.1, 0.15) is 46.5 Å². The molecule has 10 heteroatoms. The van der Waals surface area contributed by atoms with Crippen LogP contribution in [0.2, 0.25) is 0 Å². The van der Waals surface area contributed by atoms with Gasteiger partial charge >= 0.3 is 6.09 Å². The second-order valence-corrected chi connectivity index (χ2v) is 8.94. The number of nitrogens with one attached hydrogen (secondary N) is 2. The van der Waals surface area contributed by atoms with Crippen molar-refractivity contribution < 1.29 is 9.53 Å². The Kier molecular flexibility index (Phi) is 5.81. The molecule has 0 saturated heterocycles. The van der Waals surface area contributed by atoms with Gasteiger partial charge < -0.3 is 15.4 Å². The maximum atomic E-state index is 12.2. The molecule has 0 spiro atoms.